The number of hydrogen-bond donors (Lipinski definition) is 1. The highest BCUT2D eigenvalue weighted by atomic mass is 35.5. The Morgan fingerprint density at radius 2 is 2.38 bits per heavy atom. The minimum absolute atomic E-state index is 0.0614. The Kier molecular flexibility index (Phi) is 3.52. The van der Waals surface area contributed by atoms with Gasteiger partial charge in [0.05, 0.1) is 46.6 Å². The fraction of sp³-hybridized carbons (Fsp3) is 0.444. The van der Waals surface area contributed by atoms with Crippen molar-refractivity contribution in [3.63, 3.8) is 0 Å². The second-order valence-electron chi connectivity index (χ2n) is 3.25. The van der Waals surface area contributed by atoms with Crippen LogP contribution in [0.3, 0.4) is 0 Å². The van der Waals surface area contributed by atoms with Gasteiger partial charge in [-0.15, -0.1) is 0 Å². The molecule has 2 rings (SSSR count). The maximum Gasteiger partial charge on any atom is 0.0974 e. The van der Waals surface area contributed by atoms with Gasteiger partial charge in [-0.05, 0) is 14.0 Å². The monoisotopic (exact) mass is 257 g/mol. The molecule has 2 aromatic rings. The zero-order valence-electron chi connectivity index (χ0n) is 9.01. The van der Waals surface area contributed by atoms with E-state index in [2.05, 4.69) is 19.2 Å². The van der Waals surface area contributed by atoms with Crippen LogP contribution in [0.5, 0.6) is 0 Å². The molecular formula is C9H12ClN5S. The number of halogens is 1. The highest BCUT2D eigenvalue weighted by Gasteiger charge is 2.22. The van der Waals surface area contributed by atoms with Gasteiger partial charge in [0.1, 0.15) is 0 Å². The highest BCUT2D eigenvalue weighted by molar-refractivity contribution is 6.99. The van der Waals surface area contributed by atoms with Crippen LogP contribution in [0.2, 0.25) is 5.02 Å². The van der Waals surface area contributed by atoms with Crippen LogP contribution in [0.15, 0.2) is 12.4 Å². The third kappa shape index (κ3) is 1.95. The summed E-state index contributed by atoms with van der Waals surface area (Å²) in [5.41, 5.74) is 1.80. The second-order valence-corrected chi connectivity index (χ2v) is 4.21. The van der Waals surface area contributed by atoms with Gasteiger partial charge in [0.2, 0.25) is 0 Å². The molecule has 0 fully saturated rings. The van der Waals surface area contributed by atoms with Gasteiger partial charge in [-0.3, -0.25) is 4.68 Å². The number of hydrogen-bond acceptors (Lipinski definition) is 5. The van der Waals surface area contributed by atoms with Crippen molar-refractivity contribution in [3.8, 4) is 0 Å². The van der Waals surface area contributed by atoms with Gasteiger partial charge in [-0.25, -0.2) is 0 Å². The van der Waals surface area contributed by atoms with Crippen molar-refractivity contribution >= 4 is 23.3 Å². The fourth-order valence-corrected chi connectivity index (χ4v) is 2.33. The molecule has 2 heterocycles. The number of rotatable bonds is 4. The molecule has 0 aliphatic carbocycles. The molecule has 16 heavy (non-hydrogen) atoms. The smallest absolute Gasteiger partial charge is 0.0974 e. The standard InChI is InChI=1S/C9H12ClN5S/c1-3-15-9(6(10)4-12-15)8(11-2)7-5-13-16-14-7/h4-5,8,11H,3H2,1-2H3. The number of nitrogens with zero attached hydrogens (tertiary/aromatic N) is 4. The highest BCUT2D eigenvalue weighted by Crippen LogP contribution is 2.27. The molecule has 1 unspecified atom stereocenters. The predicted octanol–water partition coefficient (Wildman–Crippen LogP) is 1.72. The summed E-state index contributed by atoms with van der Waals surface area (Å²) in [6, 6.07) is -0.0614. The SMILES string of the molecule is CCn1ncc(Cl)c1C(NC)c1cnsn1. The Morgan fingerprint density at radius 3 is 2.94 bits per heavy atom. The molecule has 0 amide bonds. The first-order valence-corrected chi connectivity index (χ1v) is 6.04. The van der Waals surface area contributed by atoms with E-state index in [1.807, 2.05) is 18.7 Å². The summed E-state index contributed by atoms with van der Waals surface area (Å²) in [7, 11) is 1.87. The Labute approximate surface area is 103 Å². The molecule has 5 nitrogen and oxygen atoms in total. The first-order chi connectivity index (χ1) is 7.77. The van der Waals surface area contributed by atoms with Crippen LogP contribution in [-0.4, -0.2) is 25.6 Å². The van der Waals surface area contributed by atoms with Gasteiger partial charge in [-0.2, -0.15) is 13.8 Å². The molecule has 0 saturated carbocycles. The molecule has 0 saturated heterocycles. The van der Waals surface area contributed by atoms with Crippen LogP contribution in [0, 0.1) is 0 Å². The Hall–Kier alpha value is -0.980. The van der Waals surface area contributed by atoms with Gasteiger partial charge >= 0.3 is 0 Å². The predicted molar refractivity (Wildman–Crippen MR) is 63.7 cm³/mol. The largest absolute Gasteiger partial charge is 0.307 e. The third-order valence-corrected chi connectivity index (χ3v) is 3.15. The summed E-state index contributed by atoms with van der Waals surface area (Å²) in [4.78, 5) is 0. The van der Waals surface area contributed by atoms with Crippen molar-refractivity contribution in [1.82, 2.24) is 23.8 Å². The van der Waals surface area contributed by atoms with E-state index >= 15 is 0 Å². The van der Waals surface area contributed by atoms with Gasteiger partial charge in [-0.1, -0.05) is 11.6 Å². The molecule has 2 aromatic heterocycles. The average Bonchev–Trinajstić information content (AvgIpc) is 2.91. The lowest BCUT2D eigenvalue weighted by molar-refractivity contribution is 0.558. The van der Waals surface area contributed by atoms with Crippen molar-refractivity contribution in [2.75, 3.05) is 7.05 Å². The summed E-state index contributed by atoms with van der Waals surface area (Å²) in [5.74, 6) is 0. The van der Waals surface area contributed by atoms with E-state index < -0.39 is 0 Å². The normalized spacial score (nSPS) is 12.9. The second kappa shape index (κ2) is 4.90. The summed E-state index contributed by atoms with van der Waals surface area (Å²) in [5, 5.41) is 8.04. The van der Waals surface area contributed by atoms with E-state index in [1.54, 1.807) is 12.4 Å². The van der Waals surface area contributed by atoms with Crippen LogP contribution in [0.4, 0.5) is 0 Å². The van der Waals surface area contributed by atoms with E-state index in [0.29, 0.717) is 5.02 Å². The number of aromatic nitrogens is 4. The lowest BCUT2D eigenvalue weighted by Crippen LogP contribution is -2.22. The quantitative estimate of drug-likeness (QED) is 0.906. The van der Waals surface area contributed by atoms with Crippen LogP contribution >= 0.6 is 23.3 Å². The van der Waals surface area contributed by atoms with Gasteiger partial charge in [0, 0.05) is 6.54 Å². The first kappa shape index (κ1) is 11.5. The van der Waals surface area contributed by atoms with Crippen molar-refractivity contribution in [3.05, 3.63) is 28.8 Å². The Morgan fingerprint density at radius 1 is 1.56 bits per heavy atom. The zero-order valence-corrected chi connectivity index (χ0v) is 10.6. The van der Waals surface area contributed by atoms with Crippen LogP contribution in [-0.2, 0) is 6.54 Å². The lowest BCUT2D eigenvalue weighted by Gasteiger charge is -2.15. The molecule has 0 aliphatic heterocycles. The van der Waals surface area contributed by atoms with E-state index in [0.717, 1.165) is 17.9 Å². The minimum Gasteiger partial charge on any atom is -0.307 e. The van der Waals surface area contributed by atoms with Crippen LogP contribution < -0.4 is 5.32 Å². The lowest BCUT2D eigenvalue weighted by atomic mass is 10.1. The Bertz CT molecular complexity index is 452. The summed E-state index contributed by atoms with van der Waals surface area (Å²) in [6.45, 7) is 2.80. The van der Waals surface area contributed by atoms with Crippen molar-refractivity contribution < 1.29 is 0 Å². The van der Waals surface area contributed by atoms with Crippen molar-refractivity contribution in [1.29, 1.82) is 0 Å². The van der Waals surface area contributed by atoms with Gasteiger partial charge in [0.25, 0.3) is 0 Å². The third-order valence-electron chi connectivity index (χ3n) is 2.37. The number of aryl methyl sites for hydroxylation is 1. The maximum atomic E-state index is 6.15. The van der Waals surface area contributed by atoms with E-state index in [1.165, 1.54) is 11.7 Å². The van der Waals surface area contributed by atoms with Crippen molar-refractivity contribution in [2.24, 2.45) is 0 Å². The van der Waals surface area contributed by atoms with Crippen LogP contribution in [0.1, 0.15) is 24.4 Å². The first-order valence-electron chi connectivity index (χ1n) is 4.93. The maximum absolute atomic E-state index is 6.15. The molecule has 0 spiro atoms. The van der Waals surface area contributed by atoms with E-state index in [-0.39, 0.29) is 6.04 Å². The molecule has 0 bridgehead atoms. The van der Waals surface area contributed by atoms with E-state index in [4.69, 9.17) is 11.6 Å². The molecule has 1 N–H and O–H groups in total. The Balaban J connectivity index is 2.44. The molecule has 1 atom stereocenters. The number of nitrogens with one attached hydrogen (secondary N) is 1. The molecule has 0 aromatic carbocycles. The summed E-state index contributed by atoms with van der Waals surface area (Å²) < 4.78 is 10.1. The molecular weight excluding hydrogens is 246 g/mol. The average molecular weight is 258 g/mol. The van der Waals surface area contributed by atoms with Crippen LogP contribution in [0.25, 0.3) is 0 Å². The molecule has 7 heteroatoms. The van der Waals surface area contributed by atoms with Gasteiger partial charge in [0.15, 0.2) is 0 Å². The summed E-state index contributed by atoms with van der Waals surface area (Å²) in [6.07, 6.45) is 3.40. The van der Waals surface area contributed by atoms with Crippen molar-refractivity contribution in [2.45, 2.75) is 19.5 Å². The topological polar surface area (TPSA) is 55.6 Å². The molecule has 0 aliphatic rings. The van der Waals surface area contributed by atoms with Gasteiger partial charge < -0.3 is 5.32 Å². The molecule has 86 valence electrons. The fourth-order valence-electron chi connectivity index (χ4n) is 1.63. The minimum atomic E-state index is -0.0614. The summed E-state index contributed by atoms with van der Waals surface area (Å²) >= 11 is 7.33. The van der Waals surface area contributed by atoms with E-state index in [9.17, 15) is 0 Å². The zero-order chi connectivity index (χ0) is 11.5. The molecule has 0 radical (unpaired) electrons.